The number of carbonyl (C=O) groups is 2. The van der Waals surface area contributed by atoms with Crippen molar-refractivity contribution in [3.8, 4) is 11.5 Å². The molecule has 3 rings (SSSR count). The van der Waals surface area contributed by atoms with Crippen LogP contribution in [-0.4, -0.2) is 34.9 Å². The number of hydrogen-bond donors (Lipinski definition) is 2. The number of benzene rings is 3. The largest absolute Gasteiger partial charge is 0.494 e. The number of nitrogens with zero attached hydrogens (tertiary/aromatic N) is 2. The molecule has 0 unspecified atom stereocenters. The zero-order valence-electron chi connectivity index (χ0n) is 19.3. The van der Waals surface area contributed by atoms with Crippen LogP contribution in [0.25, 0.3) is 0 Å². The second-order valence-electron chi connectivity index (χ2n) is 7.22. The van der Waals surface area contributed by atoms with Crippen molar-refractivity contribution in [2.24, 2.45) is 0 Å². The molecule has 0 heterocycles. The van der Waals surface area contributed by atoms with Crippen LogP contribution in [0.5, 0.6) is 11.5 Å². The molecule has 0 aliphatic carbocycles. The lowest BCUT2D eigenvalue weighted by Gasteiger charge is -2.10. The fourth-order valence-electron chi connectivity index (χ4n) is 3.21. The zero-order valence-corrected chi connectivity index (χ0v) is 19.3. The van der Waals surface area contributed by atoms with Gasteiger partial charge in [0, 0.05) is 11.1 Å². The Labute approximate surface area is 205 Å². The maximum absolute atomic E-state index is 12.6. The SMILES string of the molecule is CCOc1ccc(NC(=O)c2ccc(C(=O)Nc3ccc(OCC)cc3[N+](=O)[O-])cc2)c([N+](=O)[O-])c1. The summed E-state index contributed by atoms with van der Waals surface area (Å²) in [6.45, 7) is 4.14. The average molecular weight is 494 g/mol. The van der Waals surface area contributed by atoms with E-state index in [1.165, 1.54) is 60.7 Å². The Balaban J connectivity index is 1.74. The van der Waals surface area contributed by atoms with E-state index in [1.54, 1.807) is 13.8 Å². The highest BCUT2D eigenvalue weighted by Gasteiger charge is 2.20. The minimum atomic E-state index is -0.633. The van der Waals surface area contributed by atoms with Crippen LogP contribution in [0.3, 0.4) is 0 Å². The van der Waals surface area contributed by atoms with E-state index in [9.17, 15) is 29.8 Å². The molecule has 0 spiro atoms. The van der Waals surface area contributed by atoms with Crippen molar-refractivity contribution in [3.05, 3.63) is 92.0 Å². The minimum Gasteiger partial charge on any atom is -0.494 e. The number of amides is 2. The van der Waals surface area contributed by atoms with Gasteiger partial charge in [-0.25, -0.2) is 0 Å². The molecule has 0 bridgehead atoms. The van der Waals surface area contributed by atoms with Crippen LogP contribution >= 0.6 is 0 Å². The van der Waals surface area contributed by atoms with Crippen LogP contribution in [0.15, 0.2) is 60.7 Å². The van der Waals surface area contributed by atoms with E-state index in [-0.39, 0.29) is 33.9 Å². The van der Waals surface area contributed by atoms with Gasteiger partial charge in [-0.05, 0) is 62.4 Å². The molecule has 12 heteroatoms. The molecule has 0 atom stereocenters. The normalized spacial score (nSPS) is 10.3. The Hall–Kier alpha value is -5.00. The molecule has 2 amide bonds. The van der Waals surface area contributed by atoms with Crippen LogP contribution in [0.4, 0.5) is 22.7 Å². The predicted octanol–water partition coefficient (Wildman–Crippen LogP) is 4.81. The third-order valence-electron chi connectivity index (χ3n) is 4.86. The first kappa shape index (κ1) is 25.6. The van der Waals surface area contributed by atoms with Crippen molar-refractivity contribution in [3.63, 3.8) is 0 Å². The second-order valence-corrected chi connectivity index (χ2v) is 7.22. The Morgan fingerprint density at radius 2 is 1.06 bits per heavy atom. The van der Waals surface area contributed by atoms with Crippen molar-refractivity contribution in [2.75, 3.05) is 23.8 Å². The van der Waals surface area contributed by atoms with E-state index < -0.39 is 21.7 Å². The maximum atomic E-state index is 12.6. The van der Waals surface area contributed by atoms with Crippen molar-refractivity contribution < 1.29 is 28.9 Å². The first-order valence-electron chi connectivity index (χ1n) is 10.8. The van der Waals surface area contributed by atoms with Crippen LogP contribution < -0.4 is 20.1 Å². The van der Waals surface area contributed by atoms with Crippen molar-refractivity contribution >= 4 is 34.6 Å². The quantitative estimate of drug-likeness (QED) is 0.300. The van der Waals surface area contributed by atoms with Gasteiger partial charge in [0.05, 0.1) is 35.2 Å². The van der Waals surface area contributed by atoms with Crippen LogP contribution in [-0.2, 0) is 0 Å². The van der Waals surface area contributed by atoms with E-state index in [4.69, 9.17) is 9.47 Å². The third kappa shape index (κ3) is 6.11. The summed E-state index contributed by atoms with van der Waals surface area (Å²) in [5.41, 5.74) is -0.413. The van der Waals surface area contributed by atoms with Gasteiger partial charge in [-0.1, -0.05) is 0 Å². The molecule has 12 nitrogen and oxygen atoms in total. The lowest BCUT2D eigenvalue weighted by Crippen LogP contribution is -2.15. The van der Waals surface area contributed by atoms with Gasteiger partial charge < -0.3 is 20.1 Å². The molecular formula is C24H22N4O8. The molecule has 0 saturated carbocycles. The summed E-state index contributed by atoms with van der Waals surface area (Å²) in [6, 6.07) is 13.6. The van der Waals surface area contributed by atoms with Gasteiger partial charge in [0.1, 0.15) is 22.9 Å². The second kappa shape index (κ2) is 11.4. The number of anilines is 2. The highest BCUT2D eigenvalue weighted by molar-refractivity contribution is 6.08. The van der Waals surface area contributed by atoms with Gasteiger partial charge in [0.15, 0.2) is 0 Å². The molecule has 186 valence electrons. The predicted molar refractivity (Wildman–Crippen MR) is 131 cm³/mol. The molecule has 0 aromatic heterocycles. The Morgan fingerprint density at radius 3 is 1.36 bits per heavy atom. The number of hydrogen-bond acceptors (Lipinski definition) is 8. The Bertz CT molecular complexity index is 1210. The monoisotopic (exact) mass is 494 g/mol. The highest BCUT2D eigenvalue weighted by atomic mass is 16.6. The van der Waals surface area contributed by atoms with E-state index in [0.717, 1.165) is 0 Å². The van der Waals surface area contributed by atoms with E-state index >= 15 is 0 Å². The molecular weight excluding hydrogens is 472 g/mol. The molecule has 36 heavy (non-hydrogen) atoms. The van der Waals surface area contributed by atoms with E-state index in [2.05, 4.69) is 10.6 Å². The van der Waals surface area contributed by atoms with Gasteiger partial charge in [-0.2, -0.15) is 0 Å². The highest BCUT2D eigenvalue weighted by Crippen LogP contribution is 2.31. The first-order valence-corrected chi connectivity index (χ1v) is 10.8. The summed E-state index contributed by atoms with van der Waals surface area (Å²) in [5, 5.41) is 27.7. The van der Waals surface area contributed by atoms with Crippen LogP contribution in [0.1, 0.15) is 34.6 Å². The number of ether oxygens (including phenoxy) is 2. The van der Waals surface area contributed by atoms with Crippen LogP contribution in [0.2, 0.25) is 0 Å². The fourth-order valence-corrected chi connectivity index (χ4v) is 3.21. The van der Waals surface area contributed by atoms with Crippen molar-refractivity contribution in [1.82, 2.24) is 0 Å². The van der Waals surface area contributed by atoms with E-state index in [1.807, 2.05) is 0 Å². The van der Waals surface area contributed by atoms with E-state index in [0.29, 0.717) is 24.7 Å². The summed E-state index contributed by atoms with van der Waals surface area (Å²) in [5.74, 6) is -0.664. The molecule has 0 saturated heterocycles. The van der Waals surface area contributed by atoms with Crippen molar-refractivity contribution in [2.45, 2.75) is 13.8 Å². The average Bonchev–Trinajstić information content (AvgIpc) is 2.86. The van der Waals surface area contributed by atoms with Crippen LogP contribution in [0, 0.1) is 20.2 Å². The van der Waals surface area contributed by atoms with Crippen molar-refractivity contribution in [1.29, 1.82) is 0 Å². The van der Waals surface area contributed by atoms with Gasteiger partial charge in [-0.15, -0.1) is 0 Å². The molecule has 3 aromatic rings. The van der Waals surface area contributed by atoms with Gasteiger partial charge in [0.2, 0.25) is 0 Å². The first-order chi connectivity index (χ1) is 17.2. The topological polar surface area (TPSA) is 163 Å². The molecule has 0 aliphatic heterocycles. The lowest BCUT2D eigenvalue weighted by molar-refractivity contribution is -0.384. The summed E-state index contributed by atoms with van der Waals surface area (Å²) in [6.07, 6.45) is 0. The maximum Gasteiger partial charge on any atom is 0.296 e. The summed E-state index contributed by atoms with van der Waals surface area (Å²) in [4.78, 5) is 46.8. The molecule has 3 aromatic carbocycles. The van der Waals surface area contributed by atoms with Gasteiger partial charge >= 0.3 is 0 Å². The Morgan fingerprint density at radius 1 is 0.694 bits per heavy atom. The number of nitro benzene ring substituents is 2. The molecule has 0 fully saturated rings. The minimum absolute atomic E-state index is 0.0157. The number of nitro groups is 2. The summed E-state index contributed by atoms with van der Waals surface area (Å²) < 4.78 is 10.5. The van der Waals surface area contributed by atoms with Gasteiger partial charge in [-0.3, -0.25) is 29.8 Å². The zero-order chi connectivity index (χ0) is 26.2. The summed E-state index contributed by atoms with van der Waals surface area (Å²) >= 11 is 0. The number of carbonyl (C=O) groups excluding carboxylic acids is 2. The number of rotatable bonds is 10. The Kier molecular flexibility index (Phi) is 8.13. The molecule has 0 radical (unpaired) electrons. The van der Waals surface area contributed by atoms with Gasteiger partial charge in [0.25, 0.3) is 23.2 Å². The summed E-state index contributed by atoms with van der Waals surface area (Å²) in [7, 11) is 0. The molecule has 2 N–H and O–H groups in total. The standard InChI is InChI=1S/C24H22N4O8/c1-3-35-17-9-11-19(21(13-17)27(31)32)25-23(29)15-5-7-16(8-6-15)24(30)26-20-12-10-18(36-4-2)14-22(20)28(33)34/h5-14H,3-4H2,1-2H3,(H,25,29)(H,26,30). The molecule has 0 aliphatic rings. The fraction of sp³-hybridized carbons (Fsp3) is 0.167. The smallest absolute Gasteiger partial charge is 0.296 e. The number of nitrogens with one attached hydrogen (secondary N) is 2. The lowest BCUT2D eigenvalue weighted by atomic mass is 10.1. The third-order valence-corrected chi connectivity index (χ3v) is 4.86.